The van der Waals surface area contributed by atoms with E-state index in [1.165, 1.54) is 29.0 Å². The molecule has 3 aromatic carbocycles. The van der Waals surface area contributed by atoms with Crippen molar-refractivity contribution >= 4 is 28.1 Å². The maximum atomic E-state index is 13.0. The SMILES string of the molecule is C[NH+](Cc1ccccc1N1CCCC1)CN1C(=O)c2cccc3cccc1c23. The average Bonchev–Trinajstić information content (AvgIpc) is 3.33. The molecule has 2 heterocycles. The molecule has 28 heavy (non-hydrogen) atoms. The van der Waals surface area contributed by atoms with Crippen molar-refractivity contribution in [3.8, 4) is 0 Å². The highest BCUT2D eigenvalue weighted by molar-refractivity contribution is 6.24. The fourth-order valence-electron chi connectivity index (χ4n) is 4.71. The summed E-state index contributed by atoms with van der Waals surface area (Å²) >= 11 is 0. The molecule has 4 heteroatoms. The molecule has 0 aromatic heterocycles. The van der Waals surface area contributed by atoms with Crippen LogP contribution in [0.15, 0.2) is 60.7 Å². The molecule has 2 aliphatic rings. The number of hydrogen-bond acceptors (Lipinski definition) is 2. The Balaban J connectivity index is 1.38. The van der Waals surface area contributed by atoms with Crippen LogP contribution in [-0.4, -0.2) is 32.7 Å². The zero-order valence-corrected chi connectivity index (χ0v) is 16.3. The summed E-state index contributed by atoms with van der Waals surface area (Å²) in [6, 6.07) is 21.0. The Labute approximate surface area is 166 Å². The Morgan fingerprint density at radius 2 is 1.61 bits per heavy atom. The van der Waals surface area contributed by atoms with Crippen LogP contribution in [0.4, 0.5) is 11.4 Å². The van der Waals surface area contributed by atoms with Crippen LogP contribution in [0, 0.1) is 0 Å². The molecule has 1 N–H and O–H groups in total. The second kappa shape index (κ2) is 6.95. The van der Waals surface area contributed by atoms with Gasteiger partial charge in [0.15, 0.2) is 6.67 Å². The lowest BCUT2D eigenvalue weighted by molar-refractivity contribution is -0.892. The van der Waals surface area contributed by atoms with E-state index in [2.05, 4.69) is 54.4 Å². The molecule has 0 spiro atoms. The third kappa shape index (κ3) is 2.85. The molecule has 2 aliphatic heterocycles. The number of anilines is 2. The quantitative estimate of drug-likeness (QED) is 0.746. The minimum absolute atomic E-state index is 0.124. The maximum Gasteiger partial charge on any atom is 0.263 e. The smallest absolute Gasteiger partial charge is 0.263 e. The van der Waals surface area contributed by atoms with Crippen molar-refractivity contribution in [3.63, 3.8) is 0 Å². The van der Waals surface area contributed by atoms with Crippen molar-refractivity contribution in [1.82, 2.24) is 0 Å². The van der Waals surface area contributed by atoms with Crippen molar-refractivity contribution in [2.45, 2.75) is 19.4 Å². The molecule has 1 amide bonds. The van der Waals surface area contributed by atoms with E-state index >= 15 is 0 Å². The molecule has 0 aliphatic carbocycles. The van der Waals surface area contributed by atoms with Gasteiger partial charge in [-0.15, -0.1) is 0 Å². The third-order valence-electron chi connectivity index (χ3n) is 6.01. The number of rotatable bonds is 5. The van der Waals surface area contributed by atoms with E-state index in [4.69, 9.17) is 0 Å². The van der Waals surface area contributed by atoms with Crippen LogP contribution in [0.1, 0.15) is 28.8 Å². The largest absolute Gasteiger partial charge is 0.371 e. The molecule has 0 radical (unpaired) electrons. The van der Waals surface area contributed by atoms with Gasteiger partial charge >= 0.3 is 0 Å². The van der Waals surface area contributed by atoms with Gasteiger partial charge in [0.05, 0.1) is 18.3 Å². The second-order valence-corrected chi connectivity index (χ2v) is 8.03. The number of para-hydroxylation sites is 1. The van der Waals surface area contributed by atoms with Crippen molar-refractivity contribution < 1.29 is 9.69 Å². The lowest BCUT2D eigenvalue weighted by Gasteiger charge is -2.25. The molecule has 0 saturated carbocycles. The standard InChI is InChI=1S/C24H25N3O/c1-25(16-19-8-2-3-12-21(19)26-14-4-5-15-26)17-27-22-13-7-10-18-9-6-11-20(23(18)22)24(27)28/h2-3,6-13H,4-5,14-17H2,1H3/p+1. The van der Waals surface area contributed by atoms with Gasteiger partial charge in [-0.1, -0.05) is 42.5 Å². The number of quaternary nitrogens is 1. The van der Waals surface area contributed by atoms with Gasteiger partial charge in [0, 0.05) is 29.7 Å². The monoisotopic (exact) mass is 372 g/mol. The van der Waals surface area contributed by atoms with Crippen LogP contribution < -0.4 is 14.7 Å². The van der Waals surface area contributed by atoms with E-state index < -0.39 is 0 Å². The molecule has 1 fully saturated rings. The van der Waals surface area contributed by atoms with Gasteiger partial charge in [0.2, 0.25) is 0 Å². The summed E-state index contributed by atoms with van der Waals surface area (Å²) in [5.41, 5.74) is 4.60. The average molecular weight is 372 g/mol. The number of hydrogen-bond donors (Lipinski definition) is 1. The van der Waals surface area contributed by atoms with Crippen LogP contribution in [0.5, 0.6) is 0 Å². The van der Waals surface area contributed by atoms with E-state index in [0.29, 0.717) is 6.67 Å². The summed E-state index contributed by atoms with van der Waals surface area (Å²) in [4.78, 5) is 18.8. The van der Waals surface area contributed by atoms with Crippen molar-refractivity contribution in [1.29, 1.82) is 0 Å². The van der Waals surface area contributed by atoms with E-state index in [0.717, 1.165) is 41.7 Å². The summed E-state index contributed by atoms with van der Waals surface area (Å²) in [5.74, 6) is 0.124. The number of amides is 1. The van der Waals surface area contributed by atoms with E-state index in [9.17, 15) is 4.79 Å². The molecule has 142 valence electrons. The predicted octanol–water partition coefficient (Wildman–Crippen LogP) is 3.07. The highest BCUT2D eigenvalue weighted by atomic mass is 16.2. The van der Waals surface area contributed by atoms with Gasteiger partial charge < -0.3 is 9.80 Å². The van der Waals surface area contributed by atoms with Gasteiger partial charge in [-0.2, -0.15) is 0 Å². The lowest BCUT2D eigenvalue weighted by Crippen LogP contribution is -3.09. The van der Waals surface area contributed by atoms with E-state index in [1.807, 2.05) is 23.1 Å². The highest BCUT2D eigenvalue weighted by Crippen LogP contribution is 2.36. The first kappa shape index (κ1) is 17.3. The predicted molar refractivity (Wildman–Crippen MR) is 114 cm³/mol. The topological polar surface area (TPSA) is 28.0 Å². The Hall–Kier alpha value is -2.85. The van der Waals surface area contributed by atoms with E-state index in [1.54, 1.807) is 0 Å². The minimum Gasteiger partial charge on any atom is -0.371 e. The summed E-state index contributed by atoms with van der Waals surface area (Å²) in [7, 11) is 2.18. The molecule has 0 bridgehead atoms. The Kier molecular flexibility index (Phi) is 4.29. The molecule has 1 atom stereocenters. The number of benzene rings is 3. The van der Waals surface area contributed by atoms with Crippen LogP contribution in [-0.2, 0) is 6.54 Å². The molecule has 5 rings (SSSR count). The summed E-state index contributed by atoms with van der Waals surface area (Å²) in [6.07, 6.45) is 2.56. The number of nitrogens with one attached hydrogen (secondary N) is 1. The van der Waals surface area contributed by atoms with Crippen molar-refractivity contribution in [3.05, 3.63) is 71.8 Å². The van der Waals surface area contributed by atoms with Crippen LogP contribution in [0.2, 0.25) is 0 Å². The van der Waals surface area contributed by atoms with Gasteiger partial charge in [-0.05, 0) is 36.4 Å². The first-order chi connectivity index (χ1) is 13.7. The van der Waals surface area contributed by atoms with Gasteiger partial charge in [0.25, 0.3) is 5.91 Å². The number of nitrogens with zero attached hydrogens (tertiary/aromatic N) is 2. The third-order valence-corrected chi connectivity index (χ3v) is 6.01. The van der Waals surface area contributed by atoms with Gasteiger partial charge in [-0.25, -0.2) is 0 Å². The highest BCUT2D eigenvalue weighted by Gasteiger charge is 2.31. The van der Waals surface area contributed by atoms with Crippen LogP contribution in [0.3, 0.4) is 0 Å². The first-order valence-electron chi connectivity index (χ1n) is 10.2. The molecular weight excluding hydrogens is 346 g/mol. The molecular formula is C24H26N3O+. The Bertz CT molecular complexity index is 1030. The summed E-state index contributed by atoms with van der Waals surface area (Å²) < 4.78 is 0. The Morgan fingerprint density at radius 3 is 2.43 bits per heavy atom. The summed E-state index contributed by atoms with van der Waals surface area (Å²) in [5, 5.41) is 2.24. The van der Waals surface area contributed by atoms with E-state index in [-0.39, 0.29) is 5.91 Å². The molecule has 1 unspecified atom stereocenters. The lowest BCUT2D eigenvalue weighted by atomic mass is 10.1. The van der Waals surface area contributed by atoms with Crippen LogP contribution >= 0.6 is 0 Å². The maximum absolute atomic E-state index is 13.0. The fraction of sp³-hybridized carbons (Fsp3) is 0.292. The van der Waals surface area contributed by atoms with Crippen molar-refractivity contribution in [2.24, 2.45) is 0 Å². The zero-order chi connectivity index (χ0) is 19.1. The number of carbonyl (C=O) groups is 1. The summed E-state index contributed by atoms with van der Waals surface area (Å²) in [6.45, 7) is 3.87. The van der Waals surface area contributed by atoms with Gasteiger partial charge in [0.1, 0.15) is 6.54 Å². The minimum atomic E-state index is 0.124. The Morgan fingerprint density at radius 1 is 0.893 bits per heavy atom. The van der Waals surface area contributed by atoms with Crippen molar-refractivity contribution in [2.75, 3.05) is 36.6 Å². The fourth-order valence-corrected chi connectivity index (χ4v) is 4.71. The van der Waals surface area contributed by atoms with Crippen LogP contribution in [0.25, 0.3) is 10.8 Å². The second-order valence-electron chi connectivity index (χ2n) is 8.03. The number of carbonyl (C=O) groups excluding carboxylic acids is 1. The normalized spacial score (nSPS) is 17.0. The molecule has 1 saturated heterocycles. The molecule has 3 aromatic rings. The first-order valence-corrected chi connectivity index (χ1v) is 10.2. The van der Waals surface area contributed by atoms with Gasteiger partial charge in [-0.3, -0.25) is 9.69 Å². The molecule has 4 nitrogen and oxygen atoms in total. The zero-order valence-electron chi connectivity index (χ0n) is 16.3.